The lowest BCUT2D eigenvalue weighted by molar-refractivity contribution is -0.147. The normalized spacial score (nSPS) is 18.2. The molecule has 0 amide bonds. The van der Waals surface area contributed by atoms with E-state index in [2.05, 4.69) is 10.3 Å². The molecule has 2 aromatic carbocycles. The number of aryl methyl sites for hydroxylation is 1. The fourth-order valence-corrected chi connectivity index (χ4v) is 9.06. The van der Waals surface area contributed by atoms with Crippen LogP contribution >= 0.6 is 22.9 Å². The second-order valence-electron chi connectivity index (χ2n) is 11.6. The average Bonchev–Trinajstić information content (AvgIpc) is 3.49. The number of aromatic nitrogens is 3. The van der Waals surface area contributed by atoms with Gasteiger partial charge < -0.3 is 5.11 Å². The quantitative estimate of drug-likeness (QED) is 0.213. The number of nitrogens with zero attached hydrogens (tertiary/aromatic N) is 4. The minimum atomic E-state index is -4.73. The van der Waals surface area contributed by atoms with Gasteiger partial charge in [0.15, 0.2) is 5.82 Å². The zero-order chi connectivity index (χ0) is 32.4. The molecule has 1 aliphatic heterocycles. The first-order valence-electron chi connectivity index (χ1n) is 13.7. The van der Waals surface area contributed by atoms with E-state index in [4.69, 9.17) is 11.6 Å². The highest BCUT2D eigenvalue weighted by molar-refractivity contribution is 7.89. The molecule has 1 aliphatic rings. The summed E-state index contributed by atoms with van der Waals surface area (Å²) in [5, 5.41) is 18.1. The molecule has 15 heteroatoms. The third-order valence-electron chi connectivity index (χ3n) is 8.04. The molecule has 0 fully saturated rings. The Morgan fingerprint density at radius 3 is 2.55 bits per heavy atom. The fraction of sp³-hybridized carbons (Fsp3) is 0.414. The molecule has 2 aromatic heterocycles. The van der Waals surface area contributed by atoms with E-state index in [1.54, 1.807) is 19.1 Å². The number of benzene rings is 2. The van der Waals surface area contributed by atoms with Gasteiger partial charge in [0.2, 0.25) is 10.0 Å². The van der Waals surface area contributed by atoms with Crippen LogP contribution < -0.4 is 0 Å². The Kier molecular flexibility index (Phi) is 8.36. The van der Waals surface area contributed by atoms with E-state index < -0.39 is 49.8 Å². The van der Waals surface area contributed by atoms with Crippen LogP contribution in [0.2, 0.25) is 4.34 Å². The molecule has 4 aromatic rings. The third kappa shape index (κ3) is 5.61. The van der Waals surface area contributed by atoms with Gasteiger partial charge in [-0.05, 0) is 74.1 Å². The number of alkyl halides is 3. The summed E-state index contributed by atoms with van der Waals surface area (Å²) in [6, 6.07) is 7.40. The van der Waals surface area contributed by atoms with Crippen LogP contribution in [0.1, 0.15) is 60.7 Å². The molecule has 3 heterocycles. The van der Waals surface area contributed by atoms with Gasteiger partial charge in [0.1, 0.15) is 5.52 Å². The van der Waals surface area contributed by atoms with Crippen molar-refractivity contribution in [2.24, 2.45) is 11.3 Å². The van der Waals surface area contributed by atoms with Crippen LogP contribution in [-0.2, 0) is 40.5 Å². The predicted molar refractivity (Wildman–Crippen MR) is 158 cm³/mol. The van der Waals surface area contributed by atoms with Crippen LogP contribution in [-0.4, -0.2) is 45.3 Å². The second kappa shape index (κ2) is 11.4. The van der Waals surface area contributed by atoms with Crippen molar-refractivity contribution in [3.63, 3.8) is 0 Å². The molecule has 0 spiro atoms. The molecule has 0 radical (unpaired) electrons. The highest BCUT2D eigenvalue weighted by Gasteiger charge is 2.43. The van der Waals surface area contributed by atoms with E-state index in [0.29, 0.717) is 34.1 Å². The van der Waals surface area contributed by atoms with Gasteiger partial charge in [-0.1, -0.05) is 35.9 Å². The first kappa shape index (κ1) is 32.3. The van der Waals surface area contributed by atoms with Crippen LogP contribution in [0.5, 0.6) is 0 Å². The van der Waals surface area contributed by atoms with Crippen LogP contribution in [0.4, 0.5) is 17.6 Å². The first-order valence-corrected chi connectivity index (χ1v) is 16.3. The van der Waals surface area contributed by atoms with Crippen molar-refractivity contribution in [2.45, 2.75) is 64.2 Å². The molecular formula is C29H29ClF4N4O4S2. The van der Waals surface area contributed by atoms with Crippen molar-refractivity contribution in [1.29, 1.82) is 0 Å². The third-order valence-corrected chi connectivity index (χ3v) is 11.4. The van der Waals surface area contributed by atoms with Crippen molar-refractivity contribution in [3.05, 3.63) is 73.7 Å². The molecule has 0 aliphatic carbocycles. The summed E-state index contributed by atoms with van der Waals surface area (Å²) in [7, 11) is -4.38. The number of hydrogen-bond donors (Lipinski definition) is 1. The number of thiophene rings is 1. The maximum atomic E-state index is 16.0. The molecule has 1 N–H and O–H groups in total. The monoisotopic (exact) mass is 672 g/mol. The number of hydrogen-bond acceptors (Lipinski definition) is 6. The summed E-state index contributed by atoms with van der Waals surface area (Å²) in [6.45, 7) is 6.72. The SMILES string of the molecule is CCn1nnc2c(F)c([C@H](c3cc(CN4C[C@@H](C)Cc5ccc(C(F)(F)F)cc5S4(=O)=O)c(Cl)s3)C(C)(C)C(=O)O)ccc21. The van der Waals surface area contributed by atoms with E-state index in [1.165, 1.54) is 30.7 Å². The molecule has 44 heavy (non-hydrogen) atoms. The molecule has 0 saturated carbocycles. The molecule has 0 bridgehead atoms. The number of rotatable bonds is 7. The number of aliphatic carboxylic acids is 1. The van der Waals surface area contributed by atoms with Crippen molar-refractivity contribution >= 4 is 50.0 Å². The molecule has 0 saturated heterocycles. The summed E-state index contributed by atoms with van der Waals surface area (Å²) >= 11 is 7.61. The van der Waals surface area contributed by atoms with Crippen LogP contribution in [0.25, 0.3) is 11.0 Å². The fourth-order valence-electron chi connectivity index (χ4n) is 5.68. The van der Waals surface area contributed by atoms with E-state index >= 15 is 4.39 Å². The summed E-state index contributed by atoms with van der Waals surface area (Å²) < 4.78 is 86.7. The maximum Gasteiger partial charge on any atom is 0.416 e. The standard InChI is InChI=1S/C29H29ClF4N4O4S2/c1-5-38-20-9-8-19(24(31)25(20)35-36-38)23(28(3,4)27(39)40)21-11-17(26(30)43-21)14-37-13-15(2)10-16-6-7-18(29(32,33)34)12-22(16)44(37,41)42/h6-9,11-12,15,23H,5,10,13-14H2,1-4H3,(H,39,40)/t15-,23+/m0/s1. The van der Waals surface area contributed by atoms with E-state index in [1.807, 2.05) is 6.92 Å². The van der Waals surface area contributed by atoms with Gasteiger partial charge in [0.05, 0.1) is 25.7 Å². The maximum absolute atomic E-state index is 16.0. The highest BCUT2D eigenvalue weighted by atomic mass is 35.5. The van der Waals surface area contributed by atoms with Gasteiger partial charge in [-0.15, -0.1) is 16.4 Å². The van der Waals surface area contributed by atoms with Crippen LogP contribution in [0.15, 0.2) is 41.3 Å². The van der Waals surface area contributed by atoms with Crippen molar-refractivity contribution in [1.82, 2.24) is 19.3 Å². The molecule has 5 rings (SSSR count). The molecule has 236 valence electrons. The van der Waals surface area contributed by atoms with Crippen LogP contribution in [0.3, 0.4) is 0 Å². The summed E-state index contributed by atoms with van der Waals surface area (Å²) in [5.74, 6) is -3.21. The minimum Gasteiger partial charge on any atom is -0.481 e. The van der Waals surface area contributed by atoms with Gasteiger partial charge in [0, 0.05) is 30.4 Å². The topological polar surface area (TPSA) is 105 Å². The Morgan fingerprint density at radius 1 is 1.20 bits per heavy atom. The average molecular weight is 673 g/mol. The number of carboxylic acids is 1. The number of sulfonamides is 1. The van der Waals surface area contributed by atoms with E-state index in [9.17, 15) is 31.5 Å². The van der Waals surface area contributed by atoms with Gasteiger partial charge >= 0.3 is 12.1 Å². The first-order chi connectivity index (χ1) is 20.5. The predicted octanol–water partition coefficient (Wildman–Crippen LogP) is 6.95. The van der Waals surface area contributed by atoms with Crippen molar-refractivity contribution in [2.75, 3.05) is 6.54 Å². The minimum absolute atomic E-state index is 0.0139. The Hall–Kier alpha value is -3.07. The molecule has 8 nitrogen and oxygen atoms in total. The Balaban J connectivity index is 1.58. The summed E-state index contributed by atoms with van der Waals surface area (Å²) in [5.41, 5.74) is -1.51. The number of halogens is 5. The second-order valence-corrected chi connectivity index (χ2v) is 15.2. The van der Waals surface area contributed by atoms with Crippen molar-refractivity contribution < 1.29 is 35.9 Å². The van der Waals surface area contributed by atoms with E-state index in [0.717, 1.165) is 21.7 Å². The number of fused-ring (bicyclic) bond motifs is 2. The number of carboxylic acid groups (broad SMARTS) is 1. The van der Waals surface area contributed by atoms with Gasteiger partial charge in [-0.2, -0.15) is 17.5 Å². The number of carbonyl (C=O) groups is 1. The molecular weight excluding hydrogens is 644 g/mol. The highest BCUT2D eigenvalue weighted by Crippen LogP contribution is 2.48. The van der Waals surface area contributed by atoms with Crippen molar-refractivity contribution in [3.8, 4) is 0 Å². The van der Waals surface area contributed by atoms with Crippen LogP contribution in [0, 0.1) is 17.2 Å². The molecule has 0 unspecified atom stereocenters. The lowest BCUT2D eigenvalue weighted by Gasteiger charge is -2.30. The van der Waals surface area contributed by atoms with Gasteiger partial charge in [-0.25, -0.2) is 17.5 Å². The largest absolute Gasteiger partial charge is 0.481 e. The van der Waals surface area contributed by atoms with Gasteiger partial charge in [0.25, 0.3) is 0 Å². The zero-order valence-corrected chi connectivity index (χ0v) is 26.5. The zero-order valence-electron chi connectivity index (χ0n) is 24.1. The smallest absolute Gasteiger partial charge is 0.416 e. The van der Waals surface area contributed by atoms with Gasteiger partial charge in [-0.3, -0.25) is 4.79 Å². The lowest BCUT2D eigenvalue weighted by Crippen LogP contribution is -2.33. The summed E-state index contributed by atoms with van der Waals surface area (Å²) in [6.07, 6.45) is -4.47. The Bertz CT molecular complexity index is 1870. The Morgan fingerprint density at radius 2 is 1.91 bits per heavy atom. The summed E-state index contributed by atoms with van der Waals surface area (Å²) in [4.78, 5) is 12.4. The van der Waals surface area contributed by atoms with E-state index in [-0.39, 0.29) is 40.8 Å². The Labute approximate surface area is 260 Å². The molecule has 2 atom stereocenters. The lowest BCUT2D eigenvalue weighted by atomic mass is 9.73.